The topological polar surface area (TPSA) is 96.5 Å². The number of likely N-dealkylation sites (tertiary alicyclic amines) is 1. The first-order valence-electron chi connectivity index (χ1n) is 6.75. The Morgan fingerprint density at radius 2 is 2.35 bits per heavy atom. The highest BCUT2D eigenvalue weighted by Crippen LogP contribution is 2.23. The Morgan fingerprint density at radius 3 is 3.00 bits per heavy atom. The summed E-state index contributed by atoms with van der Waals surface area (Å²) in [6, 6.07) is 0. The lowest BCUT2D eigenvalue weighted by molar-refractivity contribution is -0.137. The van der Waals surface area contributed by atoms with E-state index in [0.717, 1.165) is 24.4 Å². The summed E-state index contributed by atoms with van der Waals surface area (Å²) in [5, 5.41) is 11.2. The molecule has 0 saturated carbocycles. The monoisotopic (exact) mass is 297 g/mol. The van der Waals surface area contributed by atoms with Gasteiger partial charge >= 0.3 is 5.97 Å². The second-order valence-electron chi connectivity index (χ2n) is 5.02. The van der Waals surface area contributed by atoms with Gasteiger partial charge in [0.05, 0.1) is 0 Å². The van der Waals surface area contributed by atoms with Gasteiger partial charge in [0.25, 0.3) is 5.91 Å². The van der Waals surface area contributed by atoms with E-state index in [2.05, 4.69) is 4.98 Å². The molecule has 0 bridgehead atoms. The standard InChI is InChI=1S/C13H19N3O3S/c14-6-11-15-10(8-20-11)13(19)16-5-1-2-9(7-16)3-4-12(17)18/h8-9H,1-7,14H2,(H,17,18). The van der Waals surface area contributed by atoms with Gasteiger partial charge in [0.15, 0.2) is 0 Å². The molecule has 6 nitrogen and oxygen atoms in total. The van der Waals surface area contributed by atoms with E-state index in [1.807, 2.05) is 0 Å². The van der Waals surface area contributed by atoms with Gasteiger partial charge < -0.3 is 15.7 Å². The van der Waals surface area contributed by atoms with Crippen LogP contribution in [-0.2, 0) is 11.3 Å². The zero-order chi connectivity index (χ0) is 14.5. The number of piperidine rings is 1. The Kier molecular flexibility index (Phi) is 5.08. The van der Waals surface area contributed by atoms with Gasteiger partial charge in [-0.15, -0.1) is 11.3 Å². The molecule has 1 unspecified atom stereocenters. The molecule has 1 aromatic rings. The lowest BCUT2D eigenvalue weighted by atomic mass is 9.93. The van der Waals surface area contributed by atoms with Gasteiger partial charge in [-0.2, -0.15) is 0 Å². The Morgan fingerprint density at radius 1 is 1.55 bits per heavy atom. The summed E-state index contributed by atoms with van der Waals surface area (Å²) in [5.41, 5.74) is 5.95. The molecule has 1 aromatic heterocycles. The average molecular weight is 297 g/mol. The third kappa shape index (κ3) is 3.77. The van der Waals surface area contributed by atoms with Crippen LogP contribution in [0.3, 0.4) is 0 Å². The smallest absolute Gasteiger partial charge is 0.303 e. The zero-order valence-corrected chi connectivity index (χ0v) is 12.1. The third-order valence-electron chi connectivity index (χ3n) is 3.52. The summed E-state index contributed by atoms with van der Waals surface area (Å²) < 4.78 is 0. The number of aliphatic carboxylic acids is 1. The maximum Gasteiger partial charge on any atom is 0.303 e. The van der Waals surface area contributed by atoms with Crippen molar-refractivity contribution in [1.29, 1.82) is 0 Å². The van der Waals surface area contributed by atoms with Crippen molar-refractivity contribution in [1.82, 2.24) is 9.88 Å². The summed E-state index contributed by atoms with van der Waals surface area (Å²) in [5.74, 6) is -0.571. The van der Waals surface area contributed by atoms with Crippen LogP contribution in [-0.4, -0.2) is 40.0 Å². The van der Waals surface area contributed by atoms with E-state index in [9.17, 15) is 9.59 Å². The number of amides is 1. The molecular formula is C13H19N3O3S. The van der Waals surface area contributed by atoms with Crippen LogP contribution in [0.4, 0.5) is 0 Å². The predicted molar refractivity (Wildman–Crippen MR) is 75.5 cm³/mol. The molecular weight excluding hydrogens is 278 g/mol. The lowest BCUT2D eigenvalue weighted by Gasteiger charge is -2.32. The molecule has 0 spiro atoms. The zero-order valence-electron chi connectivity index (χ0n) is 11.2. The van der Waals surface area contributed by atoms with Crippen molar-refractivity contribution in [2.75, 3.05) is 13.1 Å². The normalized spacial score (nSPS) is 19.1. The second-order valence-corrected chi connectivity index (χ2v) is 5.97. The summed E-state index contributed by atoms with van der Waals surface area (Å²) in [4.78, 5) is 28.9. The fraction of sp³-hybridized carbons (Fsp3) is 0.615. The Bertz CT molecular complexity index is 489. The van der Waals surface area contributed by atoms with E-state index in [4.69, 9.17) is 10.8 Å². The molecule has 1 fully saturated rings. The van der Waals surface area contributed by atoms with Crippen molar-refractivity contribution in [2.45, 2.75) is 32.2 Å². The highest BCUT2D eigenvalue weighted by atomic mass is 32.1. The first-order chi connectivity index (χ1) is 9.60. The minimum atomic E-state index is -0.777. The number of hydrogen-bond donors (Lipinski definition) is 2. The fourth-order valence-corrected chi connectivity index (χ4v) is 3.13. The summed E-state index contributed by atoms with van der Waals surface area (Å²) in [6.07, 6.45) is 2.71. The minimum Gasteiger partial charge on any atom is -0.481 e. The first kappa shape index (κ1) is 14.9. The van der Waals surface area contributed by atoms with Gasteiger partial charge in [0, 0.05) is 31.4 Å². The van der Waals surface area contributed by atoms with Gasteiger partial charge in [-0.1, -0.05) is 0 Å². The number of carbonyl (C=O) groups excluding carboxylic acids is 1. The molecule has 0 aromatic carbocycles. The SMILES string of the molecule is NCc1nc(C(=O)N2CCCC(CCC(=O)O)C2)cs1. The van der Waals surface area contributed by atoms with Crippen molar-refractivity contribution in [3.63, 3.8) is 0 Å². The van der Waals surface area contributed by atoms with E-state index < -0.39 is 5.97 Å². The van der Waals surface area contributed by atoms with E-state index in [1.54, 1.807) is 10.3 Å². The fourth-order valence-electron chi connectivity index (χ4n) is 2.48. The van der Waals surface area contributed by atoms with E-state index in [0.29, 0.717) is 25.2 Å². The molecule has 20 heavy (non-hydrogen) atoms. The molecule has 7 heteroatoms. The third-order valence-corrected chi connectivity index (χ3v) is 4.39. The Labute approximate surface area is 121 Å². The number of nitrogens with zero attached hydrogens (tertiary/aromatic N) is 2. The summed E-state index contributed by atoms with van der Waals surface area (Å²) in [6.45, 7) is 1.69. The van der Waals surface area contributed by atoms with Gasteiger partial charge in [-0.3, -0.25) is 9.59 Å². The molecule has 1 aliphatic rings. The molecule has 3 N–H and O–H groups in total. The van der Waals surface area contributed by atoms with Gasteiger partial charge in [-0.25, -0.2) is 4.98 Å². The molecule has 0 radical (unpaired) electrons. The number of nitrogens with two attached hydrogens (primary N) is 1. The van der Waals surface area contributed by atoms with Crippen molar-refractivity contribution in [3.8, 4) is 0 Å². The maximum absolute atomic E-state index is 12.3. The number of hydrogen-bond acceptors (Lipinski definition) is 5. The highest BCUT2D eigenvalue weighted by molar-refractivity contribution is 7.09. The molecule has 1 atom stereocenters. The molecule has 2 heterocycles. The molecule has 110 valence electrons. The van der Waals surface area contributed by atoms with Crippen LogP contribution in [0.15, 0.2) is 5.38 Å². The van der Waals surface area contributed by atoms with Crippen molar-refractivity contribution in [3.05, 3.63) is 16.1 Å². The number of carboxylic acids is 1. The van der Waals surface area contributed by atoms with E-state index >= 15 is 0 Å². The number of carbonyl (C=O) groups is 2. The largest absolute Gasteiger partial charge is 0.481 e. The molecule has 1 saturated heterocycles. The van der Waals surface area contributed by atoms with Gasteiger partial charge in [-0.05, 0) is 25.2 Å². The number of thiazole rings is 1. The highest BCUT2D eigenvalue weighted by Gasteiger charge is 2.26. The number of carboxylic acid groups (broad SMARTS) is 1. The van der Waals surface area contributed by atoms with E-state index in [-0.39, 0.29) is 18.2 Å². The summed E-state index contributed by atoms with van der Waals surface area (Å²) >= 11 is 1.40. The van der Waals surface area contributed by atoms with Crippen LogP contribution in [0.1, 0.15) is 41.2 Å². The maximum atomic E-state index is 12.3. The number of rotatable bonds is 5. The Hall–Kier alpha value is -1.47. The molecule has 1 aliphatic heterocycles. The molecule has 1 amide bonds. The van der Waals surface area contributed by atoms with Crippen LogP contribution in [0.25, 0.3) is 0 Å². The Balaban J connectivity index is 1.94. The minimum absolute atomic E-state index is 0.0685. The molecule has 2 rings (SSSR count). The van der Waals surface area contributed by atoms with Gasteiger partial charge in [0.2, 0.25) is 0 Å². The van der Waals surface area contributed by atoms with Crippen molar-refractivity contribution in [2.24, 2.45) is 11.7 Å². The van der Waals surface area contributed by atoms with Crippen molar-refractivity contribution < 1.29 is 14.7 Å². The second kappa shape index (κ2) is 6.81. The quantitative estimate of drug-likeness (QED) is 0.854. The van der Waals surface area contributed by atoms with Crippen LogP contribution >= 0.6 is 11.3 Å². The summed E-state index contributed by atoms with van der Waals surface area (Å²) in [7, 11) is 0. The first-order valence-corrected chi connectivity index (χ1v) is 7.63. The predicted octanol–water partition coefficient (Wildman–Crippen LogP) is 1.32. The van der Waals surface area contributed by atoms with Gasteiger partial charge in [0.1, 0.15) is 10.7 Å². The van der Waals surface area contributed by atoms with E-state index in [1.165, 1.54) is 11.3 Å². The lowest BCUT2D eigenvalue weighted by Crippen LogP contribution is -2.40. The van der Waals surface area contributed by atoms with Crippen LogP contribution in [0.5, 0.6) is 0 Å². The average Bonchev–Trinajstić information content (AvgIpc) is 2.93. The number of aromatic nitrogens is 1. The molecule has 0 aliphatic carbocycles. The van der Waals surface area contributed by atoms with Crippen molar-refractivity contribution >= 4 is 23.2 Å². The van der Waals surface area contributed by atoms with Crippen LogP contribution in [0, 0.1) is 5.92 Å². The van der Waals surface area contributed by atoms with Crippen LogP contribution < -0.4 is 5.73 Å². The van der Waals surface area contributed by atoms with Crippen LogP contribution in [0.2, 0.25) is 0 Å².